The van der Waals surface area contributed by atoms with Crippen LogP contribution in [0.15, 0.2) is 85.1 Å². The fraction of sp³-hybridized carbons (Fsp3) is 0.250. The second kappa shape index (κ2) is 11.9. The van der Waals surface area contributed by atoms with Gasteiger partial charge in [-0.25, -0.2) is 15.0 Å². The van der Waals surface area contributed by atoms with Crippen LogP contribution in [0.1, 0.15) is 18.2 Å². The van der Waals surface area contributed by atoms with Crippen molar-refractivity contribution in [1.82, 2.24) is 40.3 Å². The Morgan fingerprint density at radius 1 is 1.05 bits per heavy atom. The fourth-order valence-electron chi connectivity index (χ4n) is 5.18. The first-order chi connectivity index (χ1) is 20.1. The number of allylic oxidation sites excluding steroid dienone is 3. The summed E-state index contributed by atoms with van der Waals surface area (Å²) in [6.45, 7) is 11.5. The van der Waals surface area contributed by atoms with Gasteiger partial charge >= 0.3 is 0 Å². The number of nitrogens with one attached hydrogen (secondary N) is 3. The van der Waals surface area contributed by atoms with E-state index >= 15 is 0 Å². The van der Waals surface area contributed by atoms with E-state index < -0.39 is 0 Å². The summed E-state index contributed by atoms with van der Waals surface area (Å²) in [6.07, 6.45) is 7.92. The predicted molar refractivity (Wildman–Crippen MR) is 167 cm³/mol. The Morgan fingerprint density at radius 2 is 1.88 bits per heavy atom. The van der Waals surface area contributed by atoms with E-state index in [1.165, 1.54) is 5.56 Å². The molecule has 5 heterocycles. The molecule has 5 aromatic rings. The number of piperazine rings is 1. The molecule has 9 heteroatoms. The molecule has 1 aliphatic rings. The van der Waals surface area contributed by atoms with E-state index in [1.807, 2.05) is 37.4 Å². The number of pyridine rings is 2. The van der Waals surface area contributed by atoms with Gasteiger partial charge in [0.1, 0.15) is 11.0 Å². The first-order valence-electron chi connectivity index (χ1n) is 14.0. The van der Waals surface area contributed by atoms with Gasteiger partial charge in [0, 0.05) is 45.5 Å². The normalized spacial score (nSPS) is 15.2. The van der Waals surface area contributed by atoms with E-state index in [2.05, 4.69) is 91.4 Å². The molecule has 0 atom stereocenters. The third-order valence-corrected chi connectivity index (χ3v) is 7.56. The van der Waals surface area contributed by atoms with Crippen molar-refractivity contribution >= 4 is 33.5 Å². The van der Waals surface area contributed by atoms with E-state index in [4.69, 9.17) is 9.97 Å². The Balaban J connectivity index is 1.27. The number of H-pyrrole nitrogens is 2. The lowest BCUT2D eigenvalue weighted by atomic mass is 10.1. The van der Waals surface area contributed by atoms with E-state index in [1.54, 1.807) is 0 Å². The zero-order valence-electron chi connectivity index (χ0n) is 23.6. The van der Waals surface area contributed by atoms with Crippen molar-refractivity contribution in [2.24, 2.45) is 0 Å². The third-order valence-electron chi connectivity index (χ3n) is 7.56. The van der Waals surface area contributed by atoms with Gasteiger partial charge in [-0.3, -0.25) is 5.10 Å². The van der Waals surface area contributed by atoms with Crippen LogP contribution in [0.2, 0.25) is 0 Å². The molecule has 0 amide bonds. The quantitative estimate of drug-likeness (QED) is 0.225. The van der Waals surface area contributed by atoms with Gasteiger partial charge in [0.2, 0.25) is 0 Å². The lowest BCUT2D eigenvalue weighted by Crippen LogP contribution is -2.44. The summed E-state index contributed by atoms with van der Waals surface area (Å²) in [5.41, 5.74) is 9.22. The number of hydrogen-bond donors (Lipinski definition) is 3. The second-order valence-corrected chi connectivity index (χ2v) is 10.3. The standard InChI is InChI=1S/C32H35N9/c1-4-22(20-33-21-23-9-7-6-8-10-23)19-24(5-2)25-11-12-26-28(35-25)30(39-38-26)32-36-29-27(13-14-34-31(29)37-32)41-17-15-40(3)16-18-41/h4-14,19,33H,1,15-18,20-21H2,2-3H3,(H,38,39)(H,34,36,37)/b22-19+,24-5+. The molecule has 0 radical (unpaired) electrons. The third kappa shape index (κ3) is 5.68. The highest BCUT2D eigenvalue weighted by molar-refractivity contribution is 5.93. The van der Waals surface area contributed by atoms with Gasteiger partial charge in [0.15, 0.2) is 17.2 Å². The molecule has 0 unspecified atom stereocenters. The van der Waals surface area contributed by atoms with Crippen LogP contribution < -0.4 is 10.2 Å². The molecule has 208 valence electrons. The SMILES string of the molecule is C=C/C(=C\C(=C/C)c1ccc2[nH]nc(-c3nc4nccc(N5CCN(C)CC5)c4[nH]3)c2n1)CNCc1ccccc1. The highest BCUT2D eigenvalue weighted by atomic mass is 15.3. The summed E-state index contributed by atoms with van der Waals surface area (Å²) in [6, 6.07) is 16.5. The van der Waals surface area contributed by atoms with Crippen LogP contribution in [0.5, 0.6) is 0 Å². The minimum Gasteiger partial charge on any atom is -0.367 e. The number of imidazole rings is 1. The summed E-state index contributed by atoms with van der Waals surface area (Å²) >= 11 is 0. The predicted octanol–water partition coefficient (Wildman–Crippen LogP) is 4.95. The van der Waals surface area contributed by atoms with E-state index in [0.29, 0.717) is 23.7 Å². The number of benzene rings is 1. The largest absolute Gasteiger partial charge is 0.367 e. The molecule has 3 N–H and O–H groups in total. The maximum Gasteiger partial charge on any atom is 0.180 e. The molecule has 0 bridgehead atoms. The molecule has 0 saturated carbocycles. The number of likely N-dealkylation sites (N-methyl/N-ethyl adjacent to an activating group) is 1. The summed E-state index contributed by atoms with van der Waals surface area (Å²) in [4.78, 5) is 22.6. The fourth-order valence-corrected chi connectivity index (χ4v) is 5.18. The van der Waals surface area contributed by atoms with Crippen LogP contribution in [0.3, 0.4) is 0 Å². The van der Waals surface area contributed by atoms with Crippen LogP contribution in [-0.4, -0.2) is 74.8 Å². The Bertz CT molecular complexity index is 1720. The number of aromatic amines is 2. The number of hydrogen-bond acceptors (Lipinski definition) is 7. The molecule has 0 spiro atoms. The second-order valence-electron chi connectivity index (χ2n) is 10.3. The minimum atomic E-state index is 0.652. The van der Waals surface area contributed by atoms with Crippen molar-refractivity contribution in [3.8, 4) is 11.5 Å². The van der Waals surface area contributed by atoms with Gasteiger partial charge in [-0.05, 0) is 55.0 Å². The Morgan fingerprint density at radius 3 is 2.66 bits per heavy atom. The van der Waals surface area contributed by atoms with E-state index in [9.17, 15) is 0 Å². The highest BCUT2D eigenvalue weighted by Gasteiger charge is 2.21. The van der Waals surface area contributed by atoms with Crippen LogP contribution in [-0.2, 0) is 6.54 Å². The summed E-state index contributed by atoms with van der Waals surface area (Å²) < 4.78 is 0. The number of nitrogens with zero attached hydrogens (tertiary/aromatic N) is 6. The van der Waals surface area contributed by atoms with Gasteiger partial charge in [-0.1, -0.05) is 49.1 Å². The van der Waals surface area contributed by atoms with Crippen molar-refractivity contribution in [3.05, 3.63) is 96.4 Å². The molecule has 9 nitrogen and oxygen atoms in total. The number of aromatic nitrogens is 6. The van der Waals surface area contributed by atoms with Crippen molar-refractivity contribution in [2.75, 3.05) is 44.7 Å². The van der Waals surface area contributed by atoms with Crippen LogP contribution in [0.25, 0.3) is 39.3 Å². The topological polar surface area (TPSA) is 102 Å². The minimum absolute atomic E-state index is 0.652. The average molecular weight is 546 g/mol. The maximum absolute atomic E-state index is 5.03. The first kappa shape index (κ1) is 26.6. The molecule has 6 rings (SSSR count). The van der Waals surface area contributed by atoms with Crippen molar-refractivity contribution in [2.45, 2.75) is 13.5 Å². The molecule has 4 aromatic heterocycles. The zero-order chi connectivity index (χ0) is 28.2. The zero-order valence-corrected chi connectivity index (χ0v) is 23.6. The Hall–Kier alpha value is -4.60. The van der Waals surface area contributed by atoms with Crippen LogP contribution in [0, 0.1) is 0 Å². The molecular weight excluding hydrogens is 510 g/mol. The molecular formula is C32H35N9. The first-order valence-corrected chi connectivity index (χ1v) is 14.0. The summed E-state index contributed by atoms with van der Waals surface area (Å²) in [5, 5.41) is 11.2. The Labute approximate surface area is 239 Å². The van der Waals surface area contributed by atoms with Gasteiger partial charge in [-0.15, -0.1) is 0 Å². The van der Waals surface area contributed by atoms with Gasteiger partial charge in [-0.2, -0.15) is 5.10 Å². The highest BCUT2D eigenvalue weighted by Crippen LogP contribution is 2.30. The van der Waals surface area contributed by atoms with E-state index in [0.717, 1.165) is 71.8 Å². The molecule has 1 aromatic carbocycles. The maximum atomic E-state index is 5.03. The smallest absolute Gasteiger partial charge is 0.180 e. The number of fused-ring (bicyclic) bond motifs is 2. The van der Waals surface area contributed by atoms with Crippen LogP contribution in [0.4, 0.5) is 5.69 Å². The lowest BCUT2D eigenvalue weighted by molar-refractivity contribution is 0.313. The molecule has 1 fully saturated rings. The molecule has 1 aliphatic heterocycles. The van der Waals surface area contributed by atoms with Crippen molar-refractivity contribution in [3.63, 3.8) is 0 Å². The summed E-state index contributed by atoms with van der Waals surface area (Å²) in [5.74, 6) is 0.652. The Kier molecular flexibility index (Phi) is 7.71. The van der Waals surface area contributed by atoms with Gasteiger partial charge in [0.25, 0.3) is 0 Å². The lowest BCUT2D eigenvalue weighted by Gasteiger charge is -2.34. The van der Waals surface area contributed by atoms with Gasteiger partial charge < -0.3 is 20.1 Å². The van der Waals surface area contributed by atoms with E-state index in [-0.39, 0.29) is 0 Å². The summed E-state index contributed by atoms with van der Waals surface area (Å²) in [7, 11) is 2.16. The monoisotopic (exact) mass is 545 g/mol. The van der Waals surface area contributed by atoms with Crippen molar-refractivity contribution in [1.29, 1.82) is 0 Å². The molecule has 41 heavy (non-hydrogen) atoms. The van der Waals surface area contributed by atoms with Gasteiger partial charge in [0.05, 0.1) is 16.9 Å². The van der Waals surface area contributed by atoms with Crippen LogP contribution >= 0.6 is 0 Å². The van der Waals surface area contributed by atoms with Crippen molar-refractivity contribution < 1.29 is 0 Å². The number of rotatable bonds is 9. The molecule has 1 saturated heterocycles. The average Bonchev–Trinajstić information content (AvgIpc) is 3.64. The number of anilines is 1. The molecule has 0 aliphatic carbocycles.